The quantitative estimate of drug-likeness (QED) is 0.662. The van der Waals surface area contributed by atoms with E-state index in [1.165, 1.54) is 6.07 Å². The fraction of sp³-hybridized carbons (Fsp3) is 0.500. The van der Waals surface area contributed by atoms with Crippen LogP contribution in [-0.4, -0.2) is 48.1 Å². The number of anilines is 1. The van der Waals surface area contributed by atoms with Gasteiger partial charge >= 0.3 is 5.69 Å². The predicted molar refractivity (Wildman–Crippen MR) is 78.2 cm³/mol. The molecule has 2 rings (SSSR count). The zero-order chi connectivity index (χ0) is 16.1. The molecule has 0 saturated carbocycles. The second-order valence-electron chi connectivity index (χ2n) is 5.02. The number of morpholine rings is 1. The van der Waals surface area contributed by atoms with E-state index in [1.54, 1.807) is 4.90 Å². The molecule has 120 valence electrons. The lowest BCUT2D eigenvalue weighted by Gasteiger charge is -2.32. The third-order valence-corrected chi connectivity index (χ3v) is 3.53. The summed E-state index contributed by atoms with van der Waals surface area (Å²) >= 11 is 0. The van der Waals surface area contributed by atoms with Gasteiger partial charge in [0.15, 0.2) is 0 Å². The number of ether oxygens (including phenoxy) is 1. The van der Waals surface area contributed by atoms with Crippen LogP contribution in [0.2, 0.25) is 0 Å². The molecule has 1 fully saturated rings. The van der Waals surface area contributed by atoms with E-state index in [9.17, 15) is 19.3 Å². The summed E-state index contributed by atoms with van der Waals surface area (Å²) < 4.78 is 18.7. The standard InChI is InChI=1S/C14H18FN3O4/c1-2-11-9-17(5-6-22-11)14(19)8-16-10-3-4-12(15)13(7-10)18(20)21/h3-4,7,11,16H,2,5-6,8-9H2,1H3/t11-/m1/s1. The van der Waals surface area contributed by atoms with Crippen LogP contribution in [0.25, 0.3) is 0 Å². The Morgan fingerprint density at radius 2 is 2.36 bits per heavy atom. The molecule has 1 atom stereocenters. The number of amides is 1. The molecule has 7 nitrogen and oxygen atoms in total. The van der Waals surface area contributed by atoms with Crippen LogP contribution in [-0.2, 0) is 9.53 Å². The molecule has 0 aliphatic carbocycles. The Morgan fingerprint density at radius 1 is 1.59 bits per heavy atom. The van der Waals surface area contributed by atoms with Crippen molar-refractivity contribution in [1.29, 1.82) is 0 Å². The maximum absolute atomic E-state index is 13.2. The molecule has 1 aromatic rings. The number of hydrogen-bond acceptors (Lipinski definition) is 5. The average Bonchev–Trinajstić information content (AvgIpc) is 2.53. The van der Waals surface area contributed by atoms with Crippen LogP contribution in [0, 0.1) is 15.9 Å². The number of nitro groups is 1. The Hall–Kier alpha value is -2.22. The number of carbonyl (C=O) groups excluding carboxylic acids is 1. The van der Waals surface area contributed by atoms with Crippen LogP contribution in [0.15, 0.2) is 18.2 Å². The van der Waals surface area contributed by atoms with Gasteiger partial charge in [-0.1, -0.05) is 6.92 Å². The van der Waals surface area contributed by atoms with Crippen LogP contribution in [0.4, 0.5) is 15.8 Å². The molecule has 1 aromatic carbocycles. The van der Waals surface area contributed by atoms with E-state index in [2.05, 4.69) is 5.32 Å². The molecule has 0 bridgehead atoms. The molecular formula is C14H18FN3O4. The highest BCUT2D eigenvalue weighted by Crippen LogP contribution is 2.21. The van der Waals surface area contributed by atoms with E-state index in [0.717, 1.165) is 18.6 Å². The number of rotatable bonds is 5. The van der Waals surface area contributed by atoms with Crippen LogP contribution in [0.5, 0.6) is 0 Å². The third-order valence-electron chi connectivity index (χ3n) is 3.53. The fourth-order valence-corrected chi connectivity index (χ4v) is 2.24. The molecule has 8 heteroatoms. The number of nitrogens with one attached hydrogen (secondary N) is 1. The summed E-state index contributed by atoms with van der Waals surface area (Å²) in [6.45, 7) is 3.57. The molecule has 1 aliphatic heterocycles. The molecule has 0 spiro atoms. The van der Waals surface area contributed by atoms with Crippen molar-refractivity contribution in [1.82, 2.24) is 4.90 Å². The summed E-state index contributed by atoms with van der Waals surface area (Å²) in [5.74, 6) is -1.02. The monoisotopic (exact) mass is 311 g/mol. The molecular weight excluding hydrogens is 293 g/mol. The number of benzene rings is 1. The molecule has 0 radical (unpaired) electrons. The molecule has 1 amide bonds. The topological polar surface area (TPSA) is 84.7 Å². The van der Waals surface area contributed by atoms with Crippen LogP contribution < -0.4 is 5.32 Å². The maximum atomic E-state index is 13.2. The van der Waals surface area contributed by atoms with Gasteiger partial charge in [-0.2, -0.15) is 4.39 Å². The van der Waals surface area contributed by atoms with Gasteiger partial charge in [-0.25, -0.2) is 0 Å². The van der Waals surface area contributed by atoms with Crippen molar-refractivity contribution >= 4 is 17.3 Å². The average molecular weight is 311 g/mol. The van der Waals surface area contributed by atoms with E-state index in [0.29, 0.717) is 25.4 Å². The summed E-state index contributed by atoms with van der Waals surface area (Å²) in [7, 11) is 0. The van der Waals surface area contributed by atoms with Crippen molar-refractivity contribution < 1.29 is 18.8 Å². The van der Waals surface area contributed by atoms with Gasteiger partial charge in [0, 0.05) is 24.8 Å². The number of carbonyl (C=O) groups is 1. The van der Waals surface area contributed by atoms with Crippen molar-refractivity contribution in [2.45, 2.75) is 19.4 Å². The van der Waals surface area contributed by atoms with Crippen molar-refractivity contribution in [2.24, 2.45) is 0 Å². The highest BCUT2D eigenvalue weighted by molar-refractivity contribution is 5.81. The van der Waals surface area contributed by atoms with Crippen molar-refractivity contribution in [2.75, 3.05) is 31.6 Å². The molecule has 0 aromatic heterocycles. The number of hydrogen-bond donors (Lipinski definition) is 1. The molecule has 22 heavy (non-hydrogen) atoms. The highest BCUT2D eigenvalue weighted by Gasteiger charge is 2.23. The Bertz CT molecular complexity index is 567. The first kappa shape index (κ1) is 16.2. The Labute approximate surface area is 127 Å². The molecule has 1 heterocycles. The summed E-state index contributed by atoms with van der Waals surface area (Å²) in [5, 5.41) is 13.5. The van der Waals surface area contributed by atoms with Crippen molar-refractivity contribution in [3.8, 4) is 0 Å². The normalized spacial score (nSPS) is 18.1. The van der Waals surface area contributed by atoms with Gasteiger partial charge in [0.05, 0.1) is 24.2 Å². The Morgan fingerprint density at radius 3 is 3.05 bits per heavy atom. The lowest BCUT2D eigenvalue weighted by Crippen LogP contribution is -2.47. The number of halogens is 1. The van der Waals surface area contributed by atoms with Gasteiger partial charge in [0.25, 0.3) is 0 Å². The first-order valence-corrected chi connectivity index (χ1v) is 7.08. The second kappa shape index (κ2) is 7.17. The number of nitro benzene ring substituents is 1. The lowest BCUT2D eigenvalue weighted by molar-refractivity contribution is -0.387. The lowest BCUT2D eigenvalue weighted by atomic mass is 10.2. The van der Waals surface area contributed by atoms with E-state index >= 15 is 0 Å². The van der Waals surface area contributed by atoms with E-state index < -0.39 is 16.4 Å². The van der Waals surface area contributed by atoms with Crippen LogP contribution in [0.1, 0.15) is 13.3 Å². The molecule has 1 N–H and O–H groups in total. The third kappa shape index (κ3) is 3.91. The van der Waals surface area contributed by atoms with E-state index in [4.69, 9.17) is 4.74 Å². The van der Waals surface area contributed by atoms with Crippen LogP contribution in [0.3, 0.4) is 0 Å². The van der Waals surface area contributed by atoms with Crippen molar-refractivity contribution in [3.05, 3.63) is 34.1 Å². The minimum atomic E-state index is -0.902. The predicted octanol–water partition coefficient (Wildman–Crippen LogP) is 1.78. The molecule has 1 saturated heterocycles. The zero-order valence-electron chi connectivity index (χ0n) is 12.3. The summed E-state index contributed by atoms with van der Waals surface area (Å²) in [6.07, 6.45) is 0.881. The number of nitrogens with zero attached hydrogens (tertiary/aromatic N) is 2. The van der Waals surface area contributed by atoms with Gasteiger partial charge in [-0.05, 0) is 18.6 Å². The largest absolute Gasteiger partial charge is 0.376 e. The van der Waals surface area contributed by atoms with E-state index in [-0.39, 0.29) is 18.6 Å². The van der Waals surface area contributed by atoms with E-state index in [1.807, 2.05) is 6.92 Å². The summed E-state index contributed by atoms with van der Waals surface area (Å²) in [5.41, 5.74) is -0.281. The minimum Gasteiger partial charge on any atom is -0.376 e. The summed E-state index contributed by atoms with van der Waals surface area (Å²) in [6, 6.07) is 3.45. The Kier molecular flexibility index (Phi) is 5.26. The smallest absolute Gasteiger partial charge is 0.306 e. The van der Waals surface area contributed by atoms with Gasteiger partial charge in [0.2, 0.25) is 11.7 Å². The second-order valence-corrected chi connectivity index (χ2v) is 5.02. The van der Waals surface area contributed by atoms with Gasteiger partial charge in [-0.15, -0.1) is 0 Å². The fourth-order valence-electron chi connectivity index (χ4n) is 2.24. The minimum absolute atomic E-state index is 0.000773. The SMILES string of the molecule is CC[C@@H]1CN(C(=O)CNc2ccc(F)c([N+](=O)[O-])c2)CCO1. The maximum Gasteiger partial charge on any atom is 0.306 e. The molecule has 1 aliphatic rings. The summed E-state index contributed by atoms with van der Waals surface area (Å²) in [4.78, 5) is 23.7. The Balaban J connectivity index is 1.93. The van der Waals surface area contributed by atoms with Crippen LogP contribution >= 0.6 is 0 Å². The first-order valence-electron chi connectivity index (χ1n) is 7.08. The molecule has 0 unspecified atom stereocenters. The van der Waals surface area contributed by atoms with Crippen molar-refractivity contribution in [3.63, 3.8) is 0 Å². The van der Waals surface area contributed by atoms with Gasteiger partial charge in [0.1, 0.15) is 0 Å². The van der Waals surface area contributed by atoms with Gasteiger partial charge in [-0.3, -0.25) is 14.9 Å². The first-order chi connectivity index (χ1) is 10.5. The van der Waals surface area contributed by atoms with Gasteiger partial charge < -0.3 is 15.0 Å². The highest BCUT2D eigenvalue weighted by atomic mass is 19.1. The zero-order valence-corrected chi connectivity index (χ0v) is 12.3.